The highest BCUT2D eigenvalue weighted by Crippen LogP contribution is 2.28. The number of amides is 1. The molecule has 1 aromatic carbocycles. The van der Waals surface area contributed by atoms with Crippen molar-refractivity contribution in [1.29, 1.82) is 0 Å². The van der Waals surface area contributed by atoms with Crippen LogP contribution in [0.5, 0.6) is 0 Å². The Morgan fingerprint density at radius 3 is 2.78 bits per heavy atom. The van der Waals surface area contributed by atoms with Crippen molar-refractivity contribution in [2.45, 2.75) is 40.2 Å². The van der Waals surface area contributed by atoms with Crippen LogP contribution in [0.25, 0.3) is 11.0 Å². The van der Waals surface area contributed by atoms with Crippen molar-refractivity contribution >= 4 is 28.3 Å². The highest BCUT2D eigenvalue weighted by atomic mass is 16.6. The SMILES string of the molecule is Cc1cc2[nH]c(=O)[nH]c2c(NC(=O)C2CC(C(C)C)=NO2)c1C. The van der Waals surface area contributed by atoms with Crippen LogP contribution in [0.4, 0.5) is 5.69 Å². The van der Waals surface area contributed by atoms with Crippen LogP contribution >= 0.6 is 0 Å². The number of carbonyl (C=O) groups is 1. The van der Waals surface area contributed by atoms with Crippen molar-refractivity contribution in [3.8, 4) is 0 Å². The van der Waals surface area contributed by atoms with Crippen molar-refractivity contribution in [3.63, 3.8) is 0 Å². The third kappa shape index (κ3) is 2.74. The van der Waals surface area contributed by atoms with E-state index in [1.54, 1.807) is 0 Å². The number of rotatable bonds is 3. The van der Waals surface area contributed by atoms with Crippen LogP contribution < -0.4 is 11.0 Å². The average molecular weight is 316 g/mol. The Labute approximate surface area is 133 Å². The quantitative estimate of drug-likeness (QED) is 0.809. The van der Waals surface area contributed by atoms with Gasteiger partial charge in [-0.3, -0.25) is 4.79 Å². The third-order valence-electron chi connectivity index (χ3n) is 4.23. The number of aryl methyl sites for hydroxylation is 1. The number of aromatic amines is 2. The van der Waals surface area contributed by atoms with Gasteiger partial charge >= 0.3 is 5.69 Å². The van der Waals surface area contributed by atoms with Gasteiger partial charge in [0.05, 0.1) is 22.4 Å². The number of benzene rings is 1. The predicted molar refractivity (Wildman–Crippen MR) is 88.8 cm³/mol. The van der Waals surface area contributed by atoms with Gasteiger partial charge in [0.15, 0.2) is 0 Å². The van der Waals surface area contributed by atoms with Gasteiger partial charge in [0.25, 0.3) is 5.91 Å². The first-order valence-corrected chi connectivity index (χ1v) is 7.62. The van der Waals surface area contributed by atoms with Gasteiger partial charge < -0.3 is 20.1 Å². The predicted octanol–water partition coefficient (Wildman–Crippen LogP) is 2.21. The van der Waals surface area contributed by atoms with E-state index in [1.165, 1.54) is 0 Å². The van der Waals surface area contributed by atoms with Gasteiger partial charge in [0, 0.05) is 6.42 Å². The molecule has 7 nitrogen and oxygen atoms in total. The lowest BCUT2D eigenvalue weighted by molar-refractivity contribution is -0.125. The Kier molecular flexibility index (Phi) is 3.71. The smallest absolute Gasteiger partial charge is 0.323 e. The van der Waals surface area contributed by atoms with Crippen molar-refractivity contribution in [2.75, 3.05) is 5.32 Å². The molecule has 0 bridgehead atoms. The fourth-order valence-electron chi connectivity index (χ4n) is 2.65. The van der Waals surface area contributed by atoms with E-state index >= 15 is 0 Å². The lowest BCUT2D eigenvalue weighted by atomic mass is 10.0. The number of fused-ring (bicyclic) bond motifs is 1. The standard InChI is InChI=1S/C16H20N4O3/c1-7(2)10-6-12(23-20-10)15(21)18-13-9(4)8(3)5-11-14(13)19-16(22)17-11/h5,7,12H,6H2,1-4H3,(H,18,21)(H2,17,19,22). The Morgan fingerprint density at radius 2 is 2.13 bits per heavy atom. The van der Waals surface area contributed by atoms with E-state index in [-0.39, 0.29) is 17.5 Å². The summed E-state index contributed by atoms with van der Waals surface area (Å²) in [5, 5.41) is 6.86. The van der Waals surface area contributed by atoms with Gasteiger partial charge in [-0.05, 0) is 37.0 Å². The largest absolute Gasteiger partial charge is 0.382 e. The zero-order valence-corrected chi connectivity index (χ0v) is 13.6. The molecule has 1 unspecified atom stereocenters. The van der Waals surface area contributed by atoms with Crippen LogP contribution in [0.3, 0.4) is 0 Å². The molecule has 7 heteroatoms. The molecule has 1 aliphatic heterocycles. The highest BCUT2D eigenvalue weighted by Gasteiger charge is 2.30. The summed E-state index contributed by atoms with van der Waals surface area (Å²) in [4.78, 5) is 34.7. The van der Waals surface area contributed by atoms with E-state index in [2.05, 4.69) is 20.4 Å². The van der Waals surface area contributed by atoms with Gasteiger partial charge in [0.1, 0.15) is 0 Å². The van der Waals surface area contributed by atoms with Crippen LogP contribution in [-0.4, -0.2) is 27.7 Å². The van der Waals surface area contributed by atoms with E-state index in [1.807, 2.05) is 33.8 Å². The Balaban J connectivity index is 1.89. The van der Waals surface area contributed by atoms with Gasteiger partial charge in [-0.15, -0.1) is 0 Å². The van der Waals surface area contributed by atoms with Gasteiger partial charge in [-0.1, -0.05) is 19.0 Å². The summed E-state index contributed by atoms with van der Waals surface area (Å²) in [6, 6.07) is 1.88. The summed E-state index contributed by atoms with van der Waals surface area (Å²) in [6.45, 7) is 7.87. The van der Waals surface area contributed by atoms with Crippen molar-refractivity contribution in [2.24, 2.45) is 11.1 Å². The number of hydrogen-bond acceptors (Lipinski definition) is 4. The summed E-state index contributed by atoms with van der Waals surface area (Å²) in [6.07, 6.45) is -0.144. The minimum atomic E-state index is -0.631. The third-order valence-corrected chi connectivity index (χ3v) is 4.23. The minimum Gasteiger partial charge on any atom is -0.382 e. The molecule has 1 aliphatic rings. The second-order valence-corrected chi connectivity index (χ2v) is 6.22. The molecule has 1 atom stereocenters. The zero-order valence-electron chi connectivity index (χ0n) is 13.6. The summed E-state index contributed by atoms with van der Waals surface area (Å²) >= 11 is 0. The molecule has 2 heterocycles. The molecule has 0 fully saturated rings. The molecule has 23 heavy (non-hydrogen) atoms. The number of H-pyrrole nitrogens is 2. The lowest BCUT2D eigenvalue weighted by Gasteiger charge is -2.14. The van der Waals surface area contributed by atoms with Crippen molar-refractivity contribution in [1.82, 2.24) is 9.97 Å². The lowest BCUT2D eigenvalue weighted by Crippen LogP contribution is -2.29. The topological polar surface area (TPSA) is 99.3 Å². The fraction of sp³-hybridized carbons (Fsp3) is 0.438. The molecule has 0 aliphatic carbocycles. The van der Waals surface area contributed by atoms with Crippen LogP contribution in [0.15, 0.2) is 16.0 Å². The Hall–Kier alpha value is -2.57. The first kappa shape index (κ1) is 15.3. The van der Waals surface area contributed by atoms with Gasteiger partial charge in [-0.25, -0.2) is 4.79 Å². The van der Waals surface area contributed by atoms with Crippen LogP contribution in [0, 0.1) is 19.8 Å². The Morgan fingerprint density at radius 1 is 1.39 bits per heavy atom. The summed E-state index contributed by atoms with van der Waals surface area (Å²) in [7, 11) is 0. The molecule has 3 N–H and O–H groups in total. The normalized spacial score (nSPS) is 17.4. The van der Waals surface area contributed by atoms with E-state index in [9.17, 15) is 9.59 Å². The maximum absolute atomic E-state index is 12.5. The van der Waals surface area contributed by atoms with Crippen LogP contribution in [-0.2, 0) is 9.63 Å². The van der Waals surface area contributed by atoms with E-state index < -0.39 is 6.10 Å². The number of imidazole rings is 1. The molecule has 1 amide bonds. The molecular formula is C16H20N4O3. The maximum atomic E-state index is 12.5. The number of carbonyl (C=O) groups excluding carboxylic acids is 1. The average Bonchev–Trinajstić information content (AvgIpc) is 3.10. The first-order chi connectivity index (χ1) is 10.9. The van der Waals surface area contributed by atoms with E-state index in [0.29, 0.717) is 23.1 Å². The van der Waals surface area contributed by atoms with E-state index in [4.69, 9.17) is 4.84 Å². The molecule has 3 rings (SSSR count). The summed E-state index contributed by atoms with van der Waals surface area (Å²) < 4.78 is 0. The monoisotopic (exact) mass is 316 g/mol. The number of aromatic nitrogens is 2. The van der Waals surface area contributed by atoms with E-state index in [0.717, 1.165) is 16.8 Å². The molecule has 0 saturated heterocycles. The summed E-state index contributed by atoms with van der Waals surface area (Å²) in [5.74, 6) is -0.0114. The van der Waals surface area contributed by atoms with Crippen molar-refractivity contribution < 1.29 is 9.63 Å². The maximum Gasteiger partial charge on any atom is 0.323 e. The Bertz CT molecular complexity index is 860. The van der Waals surface area contributed by atoms with Gasteiger partial charge in [0.2, 0.25) is 6.10 Å². The molecule has 0 saturated carbocycles. The van der Waals surface area contributed by atoms with Crippen LogP contribution in [0.2, 0.25) is 0 Å². The molecule has 0 spiro atoms. The zero-order chi connectivity index (χ0) is 16.7. The second-order valence-electron chi connectivity index (χ2n) is 6.22. The molecular weight excluding hydrogens is 296 g/mol. The molecule has 1 aromatic heterocycles. The number of anilines is 1. The first-order valence-electron chi connectivity index (χ1n) is 7.62. The van der Waals surface area contributed by atoms with Gasteiger partial charge in [-0.2, -0.15) is 0 Å². The van der Waals surface area contributed by atoms with Crippen LogP contribution in [0.1, 0.15) is 31.4 Å². The number of nitrogens with zero attached hydrogens (tertiary/aromatic N) is 1. The number of nitrogens with one attached hydrogen (secondary N) is 3. The second kappa shape index (κ2) is 5.57. The molecule has 122 valence electrons. The fourth-order valence-corrected chi connectivity index (χ4v) is 2.65. The number of hydrogen-bond donors (Lipinski definition) is 3. The summed E-state index contributed by atoms with van der Waals surface area (Å²) in [5.41, 5.74) is 4.33. The van der Waals surface area contributed by atoms with Crippen molar-refractivity contribution in [3.05, 3.63) is 27.7 Å². The highest BCUT2D eigenvalue weighted by molar-refractivity contribution is 6.05. The molecule has 0 radical (unpaired) electrons. The number of oxime groups is 1. The minimum absolute atomic E-state index is 0.251. The molecule has 2 aromatic rings.